The fraction of sp³-hybridized carbons (Fsp3) is 0.400. The molecular formula is C30H32N2O4S. The molecule has 192 valence electrons. The standard InChI is InChI=1S/C30H32N2O4S/c1-30(2,3)21-7-4-19(5-8-21)28-23-13-15-37-26(23)12-14-31(28)27(33)17-32(22-9-10-22)29(34)20-6-11-24-25(16-20)36-18-35-24/h4-8,11,13,15-16,22,28H,9-10,12,14,17-18H2,1-3H3. The van der Waals surface area contributed by atoms with Crippen molar-refractivity contribution in [3.05, 3.63) is 81.0 Å². The summed E-state index contributed by atoms with van der Waals surface area (Å²) >= 11 is 1.76. The number of thiophene rings is 1. The fourth-order valence-corrected chi connectivity index (χ4v) is 6.20. The maximum Gasteiger partial charge on any atom is 0.254 e. The third-order valence-electron chi connectivity index (χ3n) is 7.55. The largest absolute Gasteiger partial charge is 0.454 e. The van der Waals surface area contributed by atoms with Crippen LogP contribution in [0, 0.1) is 0 Å². The number of carbonyl (C=O) groups is 2. The molecule has 0 N–H and O–H groups in total. The van der Waals surface area contributed by atoms with Gasteiger partial charge in [-0.1, -0.05) is 45.0 Å². The third-order valence-corrected chi connectivity index (χ3v) is 8.55. The first kappa shape index (κ1) is 24.0. The van der Waals surface area contributed by atoms with E-state index in [9.17, 15) is 9.59 Å². The van der Waals surface area contributed by atoms with Crippen LogP contribution < -0.4 is 9.47 Å². The van der Waals surface area contributed by atoms with Gasteiger partial charge in [0.15, 0.2) is 11.5 Å². The molecule has 2 aliphatic heterocycles. The van der Waals surface area contributed by atoms with Gasteiger partial charge in [-0.15, -0.1) is 11.3 Å². The molecule has 3 aromatic rings. The Morgan fingerprint density at radius 2 is 1.78 bits per heavy atom. The molecule has 0 bridgehead atoms. The topological polar surface area (TPSA) is 59.1 Å². The van der Waals surface area contributed by atoms with E-state index in [1.165, 1.54) is 16.0 Å². The first-order chi connectivity index (χ1) is 17.8. The number of benzene rings is 2. The van der Waals surface area contributed by atoms with Gasteiger partial charge in [0.25, 0.3) is 5.91 Å². The number of rotatable bonds is 5. The minimum absolute atomic E-state index is 0.0114. The van der Waals surface area contributed by atoms with Crippen molar-refractivity contribution in [1.82, 2.24) is 9.80 Å². The third kappa shape index (κ3) is 4.61. The predicted octanol–water partition coefficient (Wildman–Crippen LogP) is 5.55. The summed E-state index contributed by atoms with van der Waals surface area (Å²) < 4.78 is 10.9. The van der Waals surface area contributed by atoms with Crippen molar-refractivity contribution in [2.75, 3.05) is 19.9 Å². The second-order valence-electron chi connectivity index (χ2n) is 11.1. The fourth-order valence-electron chi connectivity index (χ4n) is 5.29. The summed E-state index contributed by atoms with van der Waals surface area (Å²) in [6.07, 6.45) is 2.70. The summed E-state index contributed by atoms with van der Waals surface area (Å²) in [4.78, 5) is 32.5. The highest BCUT2D eigenvalue weighted by molar-refractivity contribution is 7.10. The molecule has 3 aliphatic rings. The molecule has 0 saturated heterocycles. The van der Waals surface area contributed by atoms with Crippen molar-refractivity contribution in [2.45, 2.75) is 57.5 Å². The first-order valence-electron chi connectivity index (χ1n) is 13.0. The van der Waals surface area contributed by atoms with Crippen LogP contribution in [0.4, 0.5) is 0 Å². The van der Waals surface area contributed by atoms with Crippen LogP contribution in [0.25, 0.3) is 0 Å². The molecule has 6 nitrogen and oxygen atoms in total. The Balaban J connectivity index is 1.27. The summed E-state index contributed by atoms with van der Waals surface area (Å²) in [6.45, 7) is 7.51. The van der Waals surface area contributed by atoms with Gasteiger partial charge in [-0.05, 0) is 71.0 Å². The van der Waals surface area contributed by atoms with Crippen LogP contribution in [0.3, 0.4) is 0 Å². The zero-order valence-corrected chi connectivity index (χ0v) is 22.3. The summed E-state index contributed by atoms with van der Waals surface area (Å²) in [7, 11) is 0. The molecule has 2 aromatic carbocycles. The number of ether oxygens (including phenoxy) is 2. The maximum atomic E-state index is 13.9. The highest BCUT2D eigenvalue weighted by Gasteiger charge is 2.38. The van der Waals surface area contributed by atoms with Gasteiger partial charge < -0.3 is 19.3 Å². The molecule has 0 spiro atoms. The van der Waals surface area contributed by atoms with Gasteiger partial charge >= 0.3 is 0 Å². The lowest BCUT2D eigenvalue weighted by atomic mass is 9.85. The first-order valence-corrected chi connectivity index (χ1v) is 13.8. The van der Waals surface area contributed by atoms with E-state index in [1.807, 2.05) is 4.90 Å². The van der Waals surface area contributed by atoms with E-state index in [1.54, 1.807) is 34.4 Å². The number of hydrogen-bond donors (Lipinski definition) is 0. The molecule has 1 fully saturated rings. The highest BCUT2D eigenvalue weighted by atomic mass is 32.1. The highest BCUT2D eigenvalue weighted by Crippen LogP contribution is 2.39. The maximum absolute atomic E-state index is 13.9. The summed E-state index contributed by atoms with van der Waals surface area (Å²) in [5.41, 5.74) is 4.17. The van der Waals surface area contributed by atoms with Gasteiger partial charge in [-0.25, -0.2) is 0 Å². The predicted molar refractivity (Wildman–Crippen MR) is 143 cm³/mol. The summed E-state index contributed by atoms with van der Waals surface area (Å²) in [5.74, 6) is 1.08. The second kappa shape index (κ2) is 9.21. The molecular weight excluding hydrogens is 484 g/mol. The second-order valence-corrected chi connectivity index (χ2v) is 12.1. The van der Waals surface area contributed by atoms with E-state index < -0.39 is 0 Å². The molecule has 0 radical (unpaired) electrons. The molecule has 1 saturated carbocycles. The van der Waals surface area contributed by atoms with Crippen molar-refractivity contribution >= 4 is 23.2 Å². The van der Waals surface area contributed by atoms with Gasteiger partial charge in [0, 0.05) is 23.0 Å². The molecule has 1 atom stereocenters. The van der Waals surface area contributed by atoms with Crippen LogP contribution in [0.1, 0.15) is 71.6 Å². The van der Waals surface area contributed by atoms with Crippen molar-refractivity contribution in [2.24, 2.45) is 0 Å². The minimum Gasteiger partial charge on any atom is -0.454 e. The van der Waals surface area contributed by atoms with Gasteiger partial charge in [0.1, 0.15) is 6.54 Å². The van der Waals surface area contributed by atoms with Gasteiger partial charge in [-0.3, -0.25) is 9.59 Å². The Bertz CT molecular complexity index is 1340. The van der Waals surface area contributed by atoms with Gasteiger partial charge in [0.05, 0.1) is 6.04 Å². The SMILES string of the molecule is CC(C)(C)c1ccc(C2c3ccsc3CCN2C(=O)CN(C(=O)c2ccc3c(c2)OCO3)C2CC2)cc1. The number of carbonyl (C=O) groups excluding carboxylic acids is 2. The molecule has 1 aliphatic carbocycles. The molecule has 3 heterocycles. The molecule has 1 aromatic heterocycles. The van der Waals surface area contributed by atoms with Crippen LogP contribution in [0.5, 0.6) is 11.5 Å². The number of fused-ring (bicyclic) bond motifs is 2. The molecule has 1 unspecified atom stereocenters. The molecule has 7 heteroatoms. The van der Waals surface area contributed by atoms with Crippen molar-refractivity contribution < 1.29 is 19.1 Å². The van der Waals surface area contributed by atoms with Crippen molar-refractivity contribution in [1.29, 1.82) is 0 Å². The Kier molecular flexibility index (Phi) is 5.98. The Labute approximate surface area is 221 Å². The van der Waals surface area contributed by atoms with E-state index >= 15 is 0 Å². The van der Waals surface area contributed by atoms with E-state index in [0.29, 0.717) is 23.6 Å². The summed E-state index contributed by atoms with van der Waals surface area (Å²) in [5, 5.41) is 2.12. The van der Waals surface area contributed by atoms with Crippen LogP contribution >= 0.6 is 11.3 Å². The Hall–Kier alpha value is -3.32. The minimum atomic E-state index is -0.141. The number of nitrogens with zero attached hydrogens (tertiary/aromatic N) is 2. The van der Waals surface area contributed by atoms with Crippen LogP contribution in [-0.2, 0) is 16.6 Å². The number of amides is 2. The van der Waals surface area contributed by atoms with E-state index in [4.69, 9.17) is 9.47 Å². The Morgan fingerprint density at radius 3 is 2.51 bits per heavy atom. The molecule has 37 heavy (non-hydrogen) atoms. The Morgan fingerprint density at radius 1 is 1.03 bits per heavy atom. The number of hydrogen-bond acceptors (Lipinski definition) is 5. The average Bonchev–Trinajstić information content (AvgIpc) is 3.42. The molecule has 2 amide bonds. The zero-order chi connectivity index (χ0) is 25.7. The lowest BCUT2D eigenvalue weighted by Gasteiger charge is -2.38. The van der Waals surface area contributed by atoms with Crippen LogP contribution in [0.2, 0.25) is 0 Å². The van der Waals surface area contributed by atoms with Crippen molar-refractivity contribution in [3.63, 3.8) is 0 Å². The smallest absolute Gasteiger partial charge is 0.254 e. The van der Waals surface area contributed by atoms with Crippen molar-refractivity contribution in [3.8, 4) is 11.5 Å². The van der Waals surface area contributed by atoms with E-state index in [-0.39, 0.29) is 42.7 Å². The van der Waals surface area contributed by atoms with E-state index in [2.05, 4.69) is 56.5 Å². The zero-order valence-electron chi connectivity index (χ0n) is 21.5. The van der Waals surface area contributed by atoms with Crippen LogP contribution in [-0.4, -0.2) is 47.5 Å². The van der Waals surface area contributed by atoms with Gasteiger partial charge in [0.2, 0.25) is 12.7 Å². The average molecular weight is 517 g/mol. The normalized spacial score (nSPS) is 18.5. The lowest BCUT2D eigenvalue weighted by Crippen LogP contribution is -2.47. The summed E-state index contributed by atoms with van der Waals surface area (Å²) in [6, 6.07) is 16.0. The quantitative estimate of drug-likeness (QED) is 0.446. The monoisotopic (exact) mass is 516 g/mol. The lowest BCUT2D eigenvalue weighted by molar-refractivity contribution is -0.134. The van der Waals surface area contributed by atoms with E-state index in [0.717, 1.165) is 24.8 Å². The van der Waals surface area contributed by atoms with Crippen LogP contribution in [0.15, 0.2) is 53.9 Å². The van der Waals surface area contributed by atoms with Gasteiger partial charge in [-0.2, -0.15) is 0 Å². The molecule has 6 rings (SSSR count).